The summed E-state index contributed by atoms with van der Waals surface area (Å²) in [5.41, 5.74) is 4.65. The molecule has 0 atom stereocenters. The number of hydrogen-bond acceptors (Lipinski definition) is 3. The molecule has 3 aromatic rings. The molecule has 0 unspecified atom stereocenters. The molecule has 0 fully saturated rings. The van der Waals surface area contributed by atoms with Crippen molar-refractivity contribution in [3.05, 3.63) is 66.7 Å². The maximum absolute atomic E-state index is 6.19. The van der Waals surface area contributed by atoms with E-state index in [0.29, 0.717) is 0 Å². The van der Waals surface area contributed by atoms with Crippen LogP contribution in [0.2, 0.25) is 0 Å². The largest absolute Gasteiger partial charge is 0.374 e. The van der Waals surface area contributed by atoms with E-state index < -0.39 is 0 Å². The topological polar surface area (TPSA) is 12.5 Å². The summed E-state index contributed by atoms with van der Waals surface area (Å²) in [6, 6.07) is 23.0. The molecule has 0 bridgehead atoms. The lowest BCUT2D eigenvalue weighted by molar-refractivity contribution is 0.316. The molecular formula is C18H11NOS. The molecule has 0 saturated heterocycles. The van der Waals surface area contributed by atoms with Gasteiger partial charge in [0.25, 0.3) is 0 Å². The van der Waals surface area contributed by atoms with Crippen LogP contribution in [0.1, 0.15) is 0 Å². The van der Waals surface area contributed by atoms with Crippen molar-refractivity contribution in [2.24, 2.45) is 0 Å². The number of fused-ring (bicyclic) bond motifs is 4. The summed E-state index contributed by atoms with van der Waals surface area (Å²) in [7, 11) is 0. The lowest BCUT2D eigenvalue weighted by atomic mass is 10.0. The van der Waals surface area contributed by atoms with Crippen molar-refractivity contribution in [3.63, 3.8) is 0 Å². The lowest BCUT2D eigenvalue weighted by Gasteiger charge is -2.36. The average molecular weight is 289 g/mol. The van der Waals surface area contributed by atoms with Crippen LogP contribution in [0.4, 0.5) is 11.4 Å². The van der Waals surface area contributed by atoms with Crippen molar-refractivity contribution < 1.29 is 4.84 Å². The van der Waals surface area contributed by atoms with Crippen molar-refractivity contribution >= 4 is 23.1 Å². The van der Waals surface area contributed by atoms with Gasteiger partial charge in [0.1, 0.15) is 5.69 Å². The van der Waals surface area contributed by atoms with Crippen molar-refractivity contribution in [2.75, 3.05) is 5.06 Å². The maximum atomic E-state index is 6.19. The van der Waals surface area contributed by atoms with Crippen molar-refractivity contribution in [3.8, 4) is 16.9 Å². The van der Waals surface area contributed by atoms with Crippen LogP contribution in [0.15, 0.2) is 76.5 Å². The third-order valence-electron chi connectivity index (χ3n) is 3.87. The van der Waals surface area contributed by atoms with Crippen LogP contribution >= 0.6 is 11.8 Å². The predicted octanol–water partition coefficient (Wildman–Crippen LogP) is 5.26. The highest BCUT2D eigenvalue weighted by Gasteiger charge is 2.32. The molecule has 0 amide bonds. The minimum Gasteiger partial charge on any atom is -0.374 e. The molecule has 2 aliphatic rings. The molecule has 100 valence electrons. The zero-order valence-electron chi connectivity index (χ0n) is 11.1. The minimum atomic E-state index is 0.906. The fraction of sp³-hybridized carbons (Fsp3) is 0. The number of nitrogens with zero attached hydrogens (tertiary/aromatic N) is 1. The molecule has 5 rings (SSSR count). The van der Waals surface area contributed by atoms with E-state index in [1.165, 1.54) is 15.4 Å². The van der Waals surface area contributed by atoms with Gasteiger partial charge in [0, 0.05) is 20.9 Å². The first kappa shape index (κ1) is 11.3. The van der Waals surface area contributed by atoms with Crippen LogP contribution in [-0.4, -0.2) is 0 Å². The van der Waals surface area contributed by atoms with Crippen LogP contribution in [0.3, 0.4) is 0 Å². The van der Waals surface area contributed by atoms with E-state index in [2.05, 4.69) is 54.6 Å². The normalized spacial score (nSPS) is 13.8. The fourth-order valence-corrected chi connectivity index (χ4v) is 4.02. The Bertz CT molecular complexity index is 875. The fourth-order valence-electron chi connectivity index (χ4n) is 2.94. The van der Waals surface area contributed by atoms with Gasteiger partial charge in [0.2, 0.25) is 0 Å². The molecule has 3 heteroatoms. The number of para-hydroxylation sites is 3. The first-order chi connectivity index (χ1) is 10.4. The molecule has 0 N–H and O–H groups in total. The summed E-state index contributed by atoms with van der Waals surface area (Å²) in [6.45, 7) is 0. The van der Waals surface area contributed by atoms with Gasteiger partial charge in [0.05, 0.1) is 5.69 Å². The Morgan fingerprint density at radius 1 is 0.714 bits per heavy atom. The number of benzene rings is 3. The quantitative estimate of drug-likeness (QED) is 0.560. The highest BCUT2D eigenvalue weighted by molar-refractivity contribution is 7.99. The van der Waals surface area contributed by atoms with Gasteiger partial charge >= 0.3 is 0 Å². The van der Waals surface area contributed by atoms with Gasteiger partial charge < -0.3 is 4.84 Å². The molecular weight excluding hydrogens is 278 g/mol. The van der Waals surface area contributed by atoms with E-state index in [9.17, 15) is 0 Å². The summed E-state index contributed by atoms with van der Waals surface area (Å²) in [5.74, 6) is 0.906. The standard InChI is InChI=1S/C18H11NOS/c1-3-9-15-12(6-1)13-7-5-11-17-18(13)19(20-15)14-8-2-4-10-16(14)21-17/h1-11H. The van der Waals surface area contributed by atoms with E-state index in [1.54, 1.807) is 11.8 Å². The average Bonchev–Trinajstić information content (AvgIpc) is 2.55. The van der Waals surface area contributed by atoms with Crippen LogP contribution in [0.5, 0.6) is 5.75 Å². The van der Waals surface area contributed by atoms with Gasteiger partial charge in [-0.05, 0) is 24.3 Å². The summed E-state index contributed by atoms with van der Waals surface area (Å²) in [4.78, 5) is 8.65. The SMILES string of the molecule is c1ccc2c(c1)ON1c3ccccc3Sc3cccc-2c31. The Labute approximate surface area is 126 Å². The summed E-state index contributed by atoms with van der Waals surface area (Å²) < 4.78 is 0. The number of anilines is 2. The van der Waals surface area contributed by atoms with Crippen molar-refractivity contribution in [1.29, 1.82) is 0 Å². The molecule has 21 heavy (non-hydrogen) atoms. The van der Waals surface area contributed by atoms with Gasteiger partial charge in [-0.3, -0.25) is 0 Å². The summed E-state index contributed by atoms with van der Waals surface area (Å²) in [6.07, 6.45) is 0. The number of rotatable bonds is 0. The Morgan fingerprint density at radius 2 is 1.48 bits per heavy atom. The second-order valence-electron chi connectivity index (χ2n) is 5.10. The van der Waals surface area contributed by atoms with E-state index in [0.717, 1.165) is 22.7 Å². The first-order valence-corrected chi connectivity index (χ1v) is 7.71. The Kier molecular flexibility index (Phi) is 2.18. The Morgan fingerprint density at radius 3 is 2.48 bits per heavy atom. The van der Waals surface area contributed by atoms with Crippen molar-refractivity contribution in [2.45, 2.75) is 9.79 Å². The second-order valence-corrected chi connectivity index (χ2v) is 6.19. The zero-order chi connectivity index (χ0) is 13.8. The first-order valence-electron chi connectivity index (χ1n) is 6.89. The van der Waals surface area contributed by atoms with E-state index in [1.807, 2.05) is 17.2 Å². The molecule has 0 spiro atoms. The van der Waals surface area contributed by atoms with Gasteiger partial charge in [0.15, 0.2) is 5.75 Å². The molecule has 2 aliphatic heterocycles. The molecule has 2 heterocycles. The Hall–Kier alpha value is -2.39. The molecule has 3 aromatic carbocycles. The van der Waals surface area contributed by atoms with Crippen molar-refractivity contribution in [1.82, 2.24) is 0 Å². The molecule has 2 nitrogen and oxygen atoms in total. The minimum absolute atomic E-state index is 0.906. The maximum Gasteiger partial charge on any atom is 0.163 e. The molecule has 0 aliphatic carbocycles. The lowest BCUT2D eigenvalue weighted by Crippen LogP contribution is -2.28. The van der Waals surface area contributed by atoms with Gasteiger partial charge in [-0.1, -0.05) is 54.2 Å². The third-order valence-corrected chi connectivity index (χ3v) is 4.99. The highest BCUT2D eigenvalue weighted by atomic mass is 32.2. The molecule has 0 aromatic heterocycles. The summed E-state index contributed by atoms with van der Waals surface area (Å²) >= 11 is 1.80. The van der Waals surface area contributed by atoms with Gasteiger partial charge in [-0.2, -0.15) is 5.06 Å². The Balaban J connectivity index is 1.85. The van der Waals surface area contributed by atoms with Crippen LogP contribution < -0.4 is 9.90 Å². The van der Waals surface area contributed by atoms with Crippen LogP contribution in [-0.2, 0) is 0 Å². The smallest absolute Gasteiger partial charge is 0.163 e. The predicted molar refractivity (Wildman–Crippen MR) is 85.2 cm³/mol. The van der Waals surface area contributed by atoms with E-state index in [4.69, 9.17) is 4.84 Å². The molecule has 0 saturated carbocycles. The van der Waals surface area contributed by atoms with Crippen LogP contribution in [0, 0.1) is 0 Å². The van der Waals surface area contributed by atoms with Gasteiger partial charge in [-0.15, -0.1) is 0 Å². The third kappa shape index (κ3) is 1.49. The second kappa shape index (κ2) is 4.06. The molecule has 0 radical (unpaired) electrons. The van der Waals surface area contributed by atoms with E-state index in [-0.39, 0.29) is 0 Å². The van der Waals surface area contributed by atoms with E-state index >= 15 is 0 Å². The monoisotopic (exact) mass is 289 g/mol. The van der Waals surface area contributed by atoms with Gasteiger partial charge in [-0.25, -0.2) is 0 Å². The summed E-state index contributed by atoms with van der Waals surface area (Å²) in [5, 5.41) is 1.97. The van der Waals surface area contributed by atoms with Crippen LogP contribution in [0.25, 0.3) is 11.1 Å². The highest BCUT2D eigenvalue weighted by Crippen LogP contribution is 2.55. The number of hydrogen-bond donors (Lipinski definition) is 0. The zero-order valence-corrected chi connectivity index (χ0v) is 11.9.